The number of carbonyl (C=O) groups is 3. The number of anilines is 1. The Morgan fingerprint density at radius 3 is 2.39 bits per heavy atom. The third-order valence-corrected chi connectivity index (χ3v) is 7.50. The zero-order valence-electron chi connectivity index (χ0n) is 22.6. The first-order valence-electron chi connectivity index (χ1n) is 12.9. The van der Waals surface area contributed by atoms with Crippen LogP contribution in [0.5, 0.6) is 0 Å². The molecule has 0 spiro atoms. The molecule has 0 saturated carbocycles. The lowest BCUT2D eigenvalue weighted by atomic mass is 9.77. The number of benzene rings is 2. The number of nitrogens with zero attached hydrogens (tertiary/aromatic N) is 1. The van der Waals surface area contributed by atoms with Gasteiger partial charge >= 0.3 is 6.09 Å². The van der Waals surface area contributed by atoms with Gasteiger partial charge in [0.25, 0.3) is 5.91 Å². The Labute approximate surface area is 246 Å². The Morgan fingerprint density at radius 1 is 1.07 bits per heavy atom. The normalized spacial score (nSPS) is 17.5. The second kappa shape index (κ2) is 13.9. The SMILES string of the molecule is COC1=CCC(C)(C[C@@H](NC(=O)OCc2ccccc2)C(=O)N[C@H](C(=O)Nc2n[nH]c(=S)s2)c2ccccc2)C=C1. The first-order chi connectivity index (χ1) is 19.7. The summed E-state index contributed by atoms with van der Waals surface area (Å²) in [6.45, 7) is 2.03. The summed E-state index contributed by atoms with van der Waals surface area (Å²) in [5, 5.41) is 15.1. The van der Waals surface area contributed by atoms with Crippen LogP contribution in [0.2, 0.25) is 0 Å². The van der Waals surface area contributed by atoms with Gasteiger partial charge in [-0.3, -0.25) is 20.0 Å². The highest BCUT2D eigenvalue weighted by molar-refractivity contribution is 7.73. The number of nitrogens with one attached hydrogen (secondary N) is 4. The van der Waals surface area contributed by atoms with E-state index in [4.69, 9.17) is 21.7 Å². The molecule has 2 aromatic carbocycles. The lowest BCUT2D eigenvalue weighted by Crippen LogP contribution is -2.51. The lowest BCUT2D eigenvalue weighted by Gasteiger charge is -2.32. The summed E-state index contributed by atoms with van der Waals surface area (Å²) in [7, 11) is 1.59. The number of aromatic nitrogens is 2. The maximum Gasteiger partial charge on any atom is 0.408 e. The molecule has 0 saturated heterocycles. The molecule has 1 aromatic heterocycles. The molecule has 0 radical (unpaired) electrons. The van der Waals surface area contributed by atoms with Gasteiger partial charge in [-0.2, -0.15) is 0 Å². The van der Waals surface area contributed by atoms with E-state index in [1.807, 2.05) is 61.5 Å². The molecule has 12 heteroatoms. The molecule has 1 unspecified atom stereocenters. The van der Waals surface area contributed by atoms with Crippen molar-refractivity contribution in [2.75, 3.05) is 12.4 Å². The molecule has 3 amide bonds. The van der Waals surface area contributed by atoms with E-state index >= 15 is 0 Å². The molecule has 41 heavy (non-hydrogen) atoms. The summed E-state index contributed by atoms with van der Waals surface area (Å²) < 4.78 is 11.1. The van der Waals surface area contributed by atoms with E-state index in [-0.39, 0.29) is 18.2 Å². The van der Waals surface area contributed by atoms with Gasteiger partial charge < -0.3 is 20.1 Å². The predicted molar refractivity (Wildman–Crippen MR) is 158 cm³/mol. The van der Waals surface area contributed by atoms with Crippen LogP contribution in [0.3, 0.4) is 0 Å². The highest BCUT2D eigenvalue weighted by Crippen LogP contribution is 2.34. The lowest BCUT2D eigenvalue weighted by molar-refractivity contribution is -0.128. The molecule has 1 aliphatic carbocycles. The molecule has 4 rings (SSSR count). The van der Waals surface area contributed by atoms with Crippen LogP contribution >= 0.6 is 23.6 Å². The second-order valence-corrected chi connectivity index (χ2v) is 11.4. The topological polar surface area (TPSA) is 134 Å². The van der Waals surface area contributed by atoms with Crippen molar-refractivity contribution in [3.05, 3.63) is 99.7 Å². The van der Waals surface area contributed by atoms with Crippen LogP contribution in [0.15, 0.2) is 84.7 Å². The fraction of sp³-hybridized carbons (Fsp3) is 0.276. The Hall–Kier alpha value is -4.29. The number of rotatable bonds is 11. The summed E-state index contributed by atoms with van der Waals surface area (Å²) in [5.74, 6) is -0.332. The minimum absolute atomic E-state index is 0.0445. The van der Waals surface area contributed by atoms with Crippen molar-refractivity contribution in [2.24, 2.45) is 5.41 Å². The van der Waals surface area contributed by atoms with E-state index in [1.54, 1.807) is 31.4 Å². The maximum atomic E-state index is 13.8. The molecule has 0 aliphatic heterocycles. The summed E-state index contributed by atoms with van der Waals surface area (Å²) in [5.41, 5.74) is 0.891. The van der Waals surface area contributed by atoms with E-state index in [1.165, 1.54) is 0 Å². The minimum Gasteiger partial charge on any atom is -0.497 e. The highest BCUT2D eigenvalue weighted by Gasteiger charge is 2.34. The van der Waals surface area contributed by atoms with Gasteiger partial charge in [-0.25, -0.2) is 4.79 Å². The number of methoxy groups -OCH3 is 1. The second-order valence-electron chi connectivity index (χ2n) is 9.72. The number of alkyl carbamates (subject to hydrolysis) is 1. The van der Waals surface area contributed by atoms with Crippen molar-refractivity contribution in [2.45, 2.75) is 38.5 Å². The van der Waals surface area contributed by atoms with E-state index in [2.05, 4.69) is 26.1 Å². The summed E-state index contributed by atoms with van der Waals surface area (Å²) in [6.07, 6.45) is 5.81. The van der Waals surface area contributed by atoms with Crippen molar-refractivity contribution in [3.8, 4) is 0 Å². The van der Waals surface area contributed by atoms with Crippen LogP contribution in [0.25, 0.3) is 0 Å². The van der Waals surface area contributed by atoms with Gasteiger partial charge in [-0.15, -0.1) is 5.10 Å². The number of hydrogen-bond acceptors (Lipinski definition) is 8. The van der Waals surface area contributed by atoms with Crippen LogP contribution in [-0.4, -0.2) is 41.3 Å². The molecule has 1 aliphatic rings. The molecule has 3 aromatic rings. The number of allylic oxidation sites excluding steroid dienone is 3. The van der Waals surface area contributed by atoms with E-state index in [0.717, 1.165) is 22.7 Å². The van der Waals surface area contributed by atoms with Crippen molar-refractivity contribution in [1.29, 1.82) is 0 Å². The average molecular weight is 594 g/mol. The van der Waals surface area contributed by atoms with Crippen LogP contribution < -0.4 is 16.0 Å². The van der Waals surface area contributed by atoms with Gasteiger partial charge in [-0.1, -0.05) is 85.0 Å². The van der Waals surface area contributed by atoms with Crippen molar-refractivity contribution in [1.82, 2.24) is 20.8 Å². The van der Waals surface area contributed by atoms with E-state index in [9.17, 15) is 14.4 Å². The van der Waals surface area contributed by atoms with Crippen molar-refractivity contribution >= 4 is 46.6 Å². The van der Waals surface area contributed by atoms with Gasteiger partial charge in [0.05, 0.1) is 7.11 Å². The molecule has 10 nitrogen and oxygen atoms in total. The van der Waals surface area contributed by atoms with Crippen LogP contribution in [-0.2, 0) is 25.7 Å². The van der Waals surface area contributed by atoms with Gasteiger partial charge in [0.1, 0.15) is 24.4 Å². The average Bonchev–Trinajstić information content (AvgIpc) is 3.39. The molecular weight excluding hydrogens is 562 g/mol. The number of hydrogen-bond donors (Lipinski definition) is 4. The predicted octanol–water partition coefficient (Wildman–Crippen LogP) is 5.18. The first kappa shape index (κ1) is 29.7. The fourth-order valence-corrected chi connectivity index (χ4v) is 5.08. The minimum atomic E-state index is -1.07. The first-order valence-corrected chi connectivity index (χ1v) is 14.1. The number of amides is 3. The summed E-state index contributed by atoms with van der Waals surface area (Å²) >= 11 is 6.15. The third-order valence-electron chi connectivity index (χ3n) is 6.50. The van der Waals surface area contributed by atoms with Crippen molar-refractivity contribution in [3.63, 3.8) is 0 Å². The molecule has 4 N–H and O–H groups in total. The monoisotopic (exact) mass is 593 g/mol. The molecule has 214 valence electrons. The van der Waals surface area contributed by atoms with Crippen LogP contribution in [0.4, 0.5) is 9.93 Å². The van der Waals surface area contributed by atoms with Gasteiger partial charge in [0.15, 0.2) is 3.95 Å². The zero-order valence-corrected chi connectivity index (χ0v) is 24.2. The molecule has 0 bridgehead atoms. The quantitative estimate of drug-likeness (QED) is 0.225. The molecule has 1 heterocycles. The van der Waals surface area contributed by atoms with Crippen LogP contribution in [0, 0.1) is 9.37 Å². The Morgan fingerprint density at radius 2 is 1.78 bits per heavy atom. The van der Waals surface area contributed by atoms with Crippen LogP contribution in [0.1, 0.15) is 36.9 Å². The highest BCUT2D eigenvalue weighted by atomic mass is 32.1. The third kappa shape index (κ3) is 8.60. The number of carbonyl (C=O) groups excluding carboxylic acids is 3. The van der Waals surface area contributed by atoms with E-state index < -0.39 is 35.4 Å². The summed E-state index contributed by atoms with van der Waals surface area (Å²) in [4.78, 5) is 40.0. The molecule has 3 atom stereocenters. The fourth-order valence-electron chi connectivity index (χ4n) is 4.29. The zero-order chi connectivity index (χ0) is 29.2. The Balaban J connectivity index is 1.53. The largest absolute Gasteiger partial charge is 0.497 e. The molecule has 0 fully saturated rings. The number of aromatic amines is 1. The maximum absolute atomic E-state index is 13.8. The Bertz CT molecular complexity index is 1470. The number of H-pyrrole nitrogens is 1. The molecular formula is C29H31N5O5S2. The van der Waals surface area contributed by atoms with Crippen molar-refractivity contribution < 1.29 is 23.9 Å². The number of ether oxygens (including phenoxy) is 2. The van der Waals surface area contributed by atoms with Gasteiger partial charge in [0.2, 0.25) is 11.0 Å². The smallest absolute Gasteiger partial charge is 0.408 e. The summed E-state index contributed by atoms with van der Waals surface area (Å²) in [6, 6.07) is 16.0. The standard InChI is InChI=1S/C29H31N5O5S2/c1-29(15-13-21(38-2)14-16-29)17-22(30-27(37)39-18-19-9-5-3-6-10-19)24(35)31-23(20-11-7-4-8-12-20)25(36)32-26-33-34-28(40)41-26/h3-15,22-23H,16-18H2,1-2H3,(H,30,37)(H,31,35)(H,34,40)(H,32,33,36)/t22-,23+,29?/m1/s1. The van der Waals surface area contributed by atoms with Gasteiger partial charge in [-0.05, 0) is 53.8 Å². The Kier molecular flexibility index (Phi) is 10.0. The van der Waals surface area contributed by atoms with E-state index in [0.29, 0.717) is 15.9 Å². The van der Waals surface area contributed by atoms with Gasteiger partial charge in [0, 0.05) is 0 Å².